The number of allylic oxidation sites excluding steroid dienone is 1. The first-order chi connectivity index (χ1) is 28.9. The fourth-order valence-corrected chi connectivity index (χ4v) is 14.0. The van der Waals surface area contributed by atoms with E-state index in [1.807, 2.05) is 0 Å². The zero-order chi connectivity index (χ0) is 43.5. The molecular formula is C45H72O16. The molecule has 16 heteroatoms. The Morgan fingerprint density at radius 1 is 0.689 bits per heavy atom. The molecule has 3 saturated carbocycles. The summed E-state index contributed by atoms with van der Waals surface area (Å²) in [7, 11) is 0. The minimum absolute atomic E-state index is 0.0171. The summed E-state index contributed by atoms with van der Waals surface area (Å²) in [5.74, 6) is 2.64. The van der Waals surface area contributed by atoms with Crippen molar-refractivity contribution in [3.63, 3.8) is 0 Å². The third-order valence-corrected chi connectivity index (χ3v) is 17.6. The fourth-order valence-electron chi connectivity index (χ4n) is 14.0. The van der Waals surface area contributed by atoms with Crippen molar-refractivity contribution >= 4 is 0 Å². The molecule has 1 spiro atoms. The van der Waals surface area contributed by atoms with Crippen LogP contribution in [0.25, 0.3) is 0 Å². The van der Waals surface area contributed by atoms with Crippen molar-refractivity contribution in [3.05, 3.63) is 11.6 Å². The molecule has 0 radical (unpaired) electrons. The minimum Gasteiger partial charge on any atom is -0.394 e. The average Bonchev–Trinajstić information content (AvgIpc) is 3.69. The molecule has 9 aliphatic rings. The summed E-state index contributed by atoms with van der Waals surface area (Å²) in [5, 5.41) is 85.9. The molecule has 9 rings (SSSR count). The van der Waals surface area contributed by atoms with E-state index in [0.29, 0.717) is 48.3 Å². The molecule has 26 atom stereocenters. The van der Waals surface area contributed by atoms with Crippen LogP contribution in [0.1, 0.15) is 99.3 Å². The van der Waals surface area contributed by atoms with Crippen LogP contribution in [0, 0.1) is 46.3 Å². The van der Waals surface area contributed by atoms with Crippen molar-refractivity contribution in [2.75, 3.05) is 13.2 Å². The van der Waals surface area contributed by atoms with Crippen LogP contribution in [0.4, 0.5) is 0 Å². The quantitative estimate of drug-likeness (QED) is 0.168. The van der Waals surface area contributed by atoms with Crippen LogP contribution >= 0.6 is 0 Å². The van der Waals surface area contributed by atoms with Gasteiger partial charge in [-0.15, -0.1) is 0 Å². The Morgan fingerprint density at radius 3 is 1.97 bits per heavy atom. The lowest BCUT2D eigenvalue weighted by atomic mass is 9.47. The molecule has 16 nitrogen and oxygen atoms in total. The van der Waals surface area contributed by atoms with Gasteiger partial charge >= 0.3 is 0 Å². The summed E-state index contributed by atoms with van der Waals surface area (Å²) in [6, 6.07) is 0. The predicted molar refractivity (Wildman–Crippen MR) is 213 cm³/mol. The van der Waals surface area contributed by atoms with Crippen molar-refractivity contribution in [1.29, 1.82) is 0 Å². The summed E-state index contributed by atoms with van der Waals surface area (Å²) in [6.45, 7) is 12.7. The topological polar surface area (TPSA) is 236 Å². The third kappa shape index (κ3) is 7.42. The van der Waals surface area contributed by atoms with Crippen LogP contribution < -0.4 is 0 Å². The highest BCUT2D eigenvalue weighted by atomic mass is 16.8. The van der Waals surface area contributed by atoms with E-state index < -0.39 is 105 Å². The molecule has 0 bridgehead atoms. The van der Waals surface area contributed by atoms with Gasteiger partial charge in [0.1, 0.15) is 61.0 Å². The molecule has 348 valence electrons. The molecule has 0 aromatic heterocycles. The van der Waals surface area contributed by atoms with Gasteiger partial charge in [0.25, 0.3) is 0 Å². The van der Waals surface area contributed by atoms with Crippen LogP contribution in [0.15, 0.2) is 11.6 Å². The SMILES string of the molecule is C[C@H]1CC[C@@]2(OC1)O[C@H]1C[C@H]3[C@@H]4CC=C5C[C@@H](O[C@@H]6O[C@H](CO)[C@@H](O[C@@H]7O[C@@H](C)[C@H](O)[C@@H](O)[C@H]7O)[C@H](O)[C@H]6O[C@@H]6O[C@@H](C)[C@H](O)[C@@H](O)[C@H]6O)CC[C@]5(C)[C@H]4CC[C@]3(C)[C@H]1[C@@H]2C. The van der Waals surface area contributed by atoms with Gasteiger partial charge in [-0.25, -0.2) is 0 Å². The molecule has 0 amide bonds. The normalized spacial score (nSPS) is 58.4. The Morgan fingerprint density at radius 2 is 1.34 bits per heavy atom. The molecule has 5 heterocycles. The number of rotatable bonds is 7. The number of ether oxygens (including phenoxy) is 8. The largest absolute Gasteiger partial charge is 0.394 e. The zero-order valence-electron chi connectivity index (χ0n) is 36.5. The van der Waals surface area contributed by atoms with Gasteiger partial charge in [-0.3, -0.25) is 0 Å². The van der Waals surface area contributed by atoms with Gasteiger partial charge in [0.05, 0.1) is 37.6 Å². The number of hydrogen-bond acceptors (Lipinski definition) is 16. The molecule has 61 heavy (non-hydrogen) atoms. The van der Waals surface area contributed by atoms with E-state index >= 15 is 0 Å². The second-order valence-electron chi connectivity index (χ2n) is 21.1. The maximum atomic E-state index is 12.0. The monoisotopic (exact) mass is 868 g/mol. The zero-order valence-corrected chi connectivity index (χ0v) is 36.5. The Hall–Kier alpha value is -0.900. The summed E-state index contributed by atoms with van der Waals surface area (Å²) in [6.07, 6.45) is -10.4. The van der Waals surface area contributed by atoms with Gasteiger partial charge in [0, 0.05) is 12.3 Å². The number of aliphatic hydroxyl groups excluding tert-OH is 8. The van der Waals surface area contributed by atoms with E-state index in [1.165, 1.54) is 25.8 Å². The van der Waals surface area contributed by atoms with Gasteiger partial charge in [-0.1, -0.05) is 39.3 Å². The smallest absolute Gasteiger partial charge is 0.187 e. The van der Waals surface area contributed by atoms with Crippen LogP contribution in [0.3, 0.4) is 0 Å². The van der Waals surface area contributed by atoms with Gasteiger partial charge in [0.2, 0.25) is 0 Å². The predicted octanol–water partition coefficient (Wildman–Crippen LogP) is 1.24. The summed E-state index contributed by atoms with van der Waals surface area (Å²) in [4.78, 5) is 0. The van der Waals surface area contributed by atoms with E-state index in [2.05, 4.69) is 33.8 Å². The Labute approximate surface area is 358 Å². The molecule has 4 aliphatic carbocycles. The highest BCUT2D eigenvalue weighted by Crippen LogP contribution is 2.70. The van der Waals surface area contributed by atoms with Crippen LogP contribution in [0.2, 0.25) is 0 Å². The average molecular weight is 869 g/mol. The van der Waals surface area contributed by atoms with Crippen LogP contribution in [0.5, 0.6) is 0 Å². The molecule has 0 unspecified atom stereocenters. The number of fused-ring (bicyclic) bond motifs is 7. The van der Waals surface area contributed by atoms with Gasteiger partial charge in [-0.05, 0) is 106 Å². The van der Waals surface area contributed by atoms with Crippen LogP contribution in [-0.4, -0.2) is 164 Å². The second-order valence-corrected chi connectivity index (χ2v) is 21.1. The van der Waals surface area contributed by atoms with E-state index in [1.54, 1.807) is 0 Å². The first kappa shape index (κ1) is 45.3. The maximum absolute atomic E-state index is 12.0. The maximum Gasteiger partial charge on any atom is 0.187 e. The van der Waals surface area contributed by atoms with E-state index in [0.717, 1.165) is 45.1 Å². The number of aliphatic hydroxyl groups is 8. The van der Waals surface area contributed by atoms with Crippen molar-refractivity contribution in [3.8, 4) is 0 Å². The lowest BCUT2D eigenvalue weighted by molar-refractivity contribution is -0.388. The van der Waals surface area contributed by atoms with E-state index in [9.17, 15) is 40.9 Å². The summed E-state index contributed by atoms with van der Waals surface area (Å²) < 4.78 is 50.1. The summed E-state index contributed by atoms with van der Waals surface area (Å²) >= 11 is 0. The fraction of sp³-hybridized carbons (Fsp3) is 0.956. The molecule has 8 N–H and O–H groups in total. The van der Waals surface area contributed by atoms with Crippen molar-refractivity contribution in [2.24, 2.45) is 46.3 Å². The van der Waals surface area contributed by atoms with Gasteiger partial charge < -0.3 is 78.7 Å². The Balaban J connectivity index is 0.916. The summed E-state index contributed by atoms with van der Waals surface area (Å²) in [5.41, 5.74) is 1.53. The standard InChI is InChI=1S/C45H72O16/c1-19-9-14-45(54-18-19)20(2)30-28(61-45)16-27-25-8-7-23-15-24(10-12-43(23,5)26(25)11-13-44(27,30)6)57-42-39(60-41-36(52)34(50)32(48)22(4)56-41)37(53)38(29(17-46)58-42)59-40-35(51)33(49)31(47)21(3)55-40/h7,19-22,24-42,46-53H,8-18H2,1-6H3/t19-,20-,21-,22-,24-,25+,26-,27-,28-,29+,30-,31-,32-,33+,34+,35+,36+,37-,38+,39+,40-,41-,42+,43-,44-,45+/m0/s1. The van der Waals surface area contributed by atoms with Crippen molar-refractivity contribution in [2.45, 2.75) is 209 Å². The molecule has 8 fully saturated rings. The van der Waals surface area contributed by atoms with Gasteiger partial charge in [-0.2, -0.15) is 0 Å². The minimum atomic E-state index is -1.71. The first-order valence-electron chi connectivity index (χ1n) is 23.2. The highest BCUT2D eigenvalue weighted by molar-refractivity contribution is 5.26. The van der Waals surface area contributed by atoms with Crippen LogP contribution in [-0.2, 0) is 37.9 Å². The van der Waals surface area contributed by atoms with E-state index in [4.69, 9.17) is 37.9 Å². The van der Waals surface area contributed by atoms with Gasteiger partial charge in [0.15, 0.2) is 24.7 Å². The Kier molecular flexibility index (Phi) is 12.4. The Bertz CT molecular complexity index is 1590. The highest BCUT2D eigenvalue weighted by Gasteiger charge is 2.69. The second kappa shape index (κ2) is 16.8. The molecule has 0 aromatic rings. The molecular weight excluding hydrogens is 796 g/mol. The molecule has 0 aromatic carbocycles. The van der Waals surface area contributed by atoms with Crippen molar-refractivity contribution < 1.29 is 78.7 Å². The van der Waals surface area contributed by atoms with Crippen molar-refractivity contribution in [1.82, 2.24) is 0 Å². The third-order valence-electron chi connectivity index (χ3n) is 17.6. The molecule has 5 saturated heterocycles. The molecule has 5 aliphatic heterocycles. The lowest BCUT2D eigenvalue weighted by Crippen LogP contribution is -2.66. The van der Waals surface area contributed by atoms with E-state index in [-0.39, 0.29) is 23.0 Å². The first-order valence-corrected chi connectivity index (χ1v) is 23.2. The number of hydrogen-bond donors (Lipinski definition) is 8. The lowest BCUT2D eigenvalue weighted by Gasteiger charge is -2.58.